The number of fused-ring (bicyclic) bond motifs is 1. The van der Waals surface area contributed by atoms with E-state index in [0.717, 1.165) is 28.9 Å². The summed E-state index contributed by atoms with van der Waals surface area (Å²) in [5.74, 6) is 1.06. The van der Waals surface area contributed by atoms with E-state index in [9.17, 15) is 13.2 Å². The van der Waals surface area contributed by atoms with Gasteiger partial charge in [-0.25, -0.2) is 8.42 Å². The lowest BCUT2D eigenvalue weighted by molar-refractivity contribution is -0.122. The van der Waals surface area contributed by atoms with E-state index in [1.54, 1.807) is 12.1 Å². The highest BCUT2D eigenvalue weighted by atomic mass is 32.2. The van der Waals surface area contributed by atoms with Gasteiger partial charge in [-0.1, -0.05) is 17.7 Å². The van der Waals surface area contributed by atoms with E-state index in [2.05, 4.69) is 10.0 Å². The Balaban J connectivity index is 1.66. The van der Waals surface area contributed by atoms with Crippen molar-refractivity contribution in [1.29, 1.82) is 0 Å². The summed E-state index contributed by atoms with van der Waals surface area (Å²) < 4.78 is 38.9. The molecular weight excluding hydrogens is 404 g/mol. The molecule has 1 amide bonds. The summed E-state index contributed by atoms with van der Waals surface area (Å²) in [6.07, 6.45) is 0.926. The molecule has 2 atom stereocenters. The molecular formula is C22H28N2O5S. The number of hydrogen-bond donors (Lipinski definition) is 2. The van der Waals surface area contributed by atoms with Crippen LogP contribution in [0.2, 0.25) is 0 Å². The standard InChI is InChI=1S/C22H28N2O5S/c1-5-28-20-11-17-10-15(3)29-21(17)12-18(20)13-23-22(25)16(4)24-30(26,27)19-8-6-14(2)7-9-19/h6-9,11-12,15-16,24H,5,10,13H2,1-4H3,(H,23,25)/t15-,16-/m0/s1. The Morgan fingerprint density at radius 3 is 2.63 bits per heavy atom. The molecule has 162 valence electrons. The zero-order valence-electron chi connectivity index (χ0n) is 17.7. The number of sulfonamides is 1. The van der Waals surface area contributed by atoms with Crippen LogP contribution < -0.4 is 19.5 Å². The summed E-state index contributed by atoms with van der Waals surface area (Å²) in [4.78, 5) is 12.6. The van der Waals surface area contributed by atoms with Gasteiger partial charge in [-0.3, -0.25) is 4.79 Å². The molecule has 0 unspecified atom stereocenters. The van der Waals surface area contributed by atoms with Gasteiger partial charge in [-0.15, -0.1) is 0 Å². The van der Waals surface area contributed by atoms with Crippen molar-refractivity contribution in [2.24, 2.45) is 0 Å². The smallest absolute Gasteiger partial charge is 0.241 e. The van der Waals surface area contributed by atoms with Gasteiger partial charge in [-0.05, 0) is 52.0 Å². The number of hydrogen-bond acceptors (Lipinski definition) is 5. The number of carbonyl (C=O) groups is 1. The number of benzene rings is 2. The first-order chi connectivity index (χ1) is 14.2. The average Bonchev–Trinajstić information content (AvgIpc) is 3.05. The SMILES string of the molecule is CCOc1cc2c(cc1CNC(=O)[C@H](C)NS(=O)(=O)c1ccc(C)cc1)O[C@@H](C)C2. The molecule has 2 aromatic carbocycles. The maximum Gasteiger partial charge on any atom is 0.241 e. The second-order valence-electron chi connectivity index (χ2n) is 7.51. The van der Waals surface area contributed by atoms with Crippen LogP contribution in [0, 0.1) is 6.92 Å². The fourth-order valence-corrected chi connectivity index (χ4v) is 4.52. The van der Waals surface area contributed by atoms with Gasteiger partial charge in [0.2, 0.25) is 15.9 Å². The summed E-state index contributed by atoms with van der Waals surface area (Å²) in [5.41, 5.74) is 2.82. The molecule has 0 saturated carbocycles. The number of carbonyl (C=O) groups excluding carboxylic acids is 1. The molecule has 30 heavy (non-hydrogen) atoms. The normalized spacial score (nSPS) is 16.5. The monoisotopic (exact) mass is 432 g/mol. The van der Waals surface area contributed by atoms with E-state index in [4.69, 9.17) is 9.47 Å². The Kier molecular flexibility index (Phi) is 6.67. The number of aryl methyl sites for hydroxylation is 1. The maximum absolute atomic E-state index is 12.5. The van der Waals surface area contributed by atoms with Crippen molar-refractivity contribution in [2.75, 3.05) is 6.61 Å². The second-order valence-corrected chi connectivity index (χ2v) is 9.22. The first-order valence-corrected chi connectivity index (χ1v) is 11.5. The molecule has 1 aliphatic heterocycles. The van der Waals surface area contributed by atoms with Crippen molar-refractivity contribution in [1.82, 2.24) is 10.0 Å². The third-order valence-electron chi connectivity index (χ3n) is 4.89. The lowest BCUT2D eigenvalue weighted by Gasteiger charge is -2.16. The van der Waals surface area contributed by atoms with E-state index in [1.807, 2.05) is 32.9 Å². The predicted molar refractivity (Wildman–Crippen MR) is 114 cm³/mol. The van der Waals surface area contributed by atoms with Crippen molar-refractivity contribution in [2.45, 2.75) is 57.7 Å². The Hall–Kier alpha value is -2.58. The molecule has 2 aromatic rings. The number of nitrogens with one attached hydrogen (secondary N) is 2. The Morgan fingerprint density at radius 1 is 1.27 bits per heavy atom. The largest absolute Gasteiger partial charge is 0.494 e. The summed E-state index contributed by atoms with van der Waals surface area (Å²) in [5, 5.41) is 2.78. The van der Waals surface area contributed by atoms with E-state index >= 15 is 0 Å². The zero-order chi connectivity index (χ0) is 21.9. The lowest BCUT2D eigenvalue weighted by atomic mass is 10.1. The number of rotatable bonds is 8. The predicted octanol–water partition coefficient (Wildman–Crippen LogP) is 2.70. The molecule has 7 nitrogen and oxygen atoms in total. The maximum atomic E-state index is 12.5. The minimum atomic E-state index is -3.79. The fraction of sp³-hybridized carbons (Fsp3) is 0.409. The molecule has 0 fully saturated rings. The second kappa shape index (κ2) is 9.06. The van der Waals surface area contributed by atoms with Crippen LogP contribution in [-0.2, 0) is 27.8 Å². The molecule has 2 N–H and O–H groups in total. The van der Waals surface area contributed by atoms with Gasteiger partial charge in [-0.2, -0.15) is 4.72 Å². The summed E-state index contributed by atoms with van der Waals surface area (Å²) >= 11 is 0. The molecule has 0 saturated heterocycles. The van der Waals surface area contributed by atoms with Gasteiger partial charge in [0.25, 0.3) is 0 Å². The zero-order valence-corrected chi connectivity index (χ0v) is 18.5. The topological polar surface area (TPSA) is 93.7 Å². The highest BCUT2D eigenvalue weighted by molar-refractivity contribution is 7.89. The van der Waals surface area contributed by atoms with Crippen LogP contribution >= 0.6 is 0 Å². The Labute approximate surface area is 177 Å². The van der Waals surface area contributed by atoms with E-state index in [-0.39, 0.29) is 17.5 Å². The van der Waals surface area contributed by atoms with Crippen LogP contribution in [0.4, 0.5) is 0 Å². The minimum Gasteiger partial charge on any atom is -0.494 e. The molecule has 1 heterocycles. The van der Waals surface area contributed by atoms with Crippen molar-refractivity contribution in [3.63, 3.8) is 0 Å². The van der Waals surface area contributed by atoms with Gasteiger partial charge < -0.3 is 14.8 Å². The molecule has 8 heteroatoms. The van der Waals surface area contributed by atoms with Gasteiger partial charge in [0.1, 0.15) is 17.6 Å². The molecule has 0 bridgehead atoms. The third kappa shape index (κ3) is 5.12. The fourth-order valence-electron chi connectivity index (χ4n) is 3.32. The van der Waals surface area contributed by atoms with Gasteiger partial charge >= 0.3 is 0 Å². The van der Waals surface area contributed by atoms with Crippen molar-refractivity contribution in [3.05, 3.63) is 53.1 Å². The number of amides is 1. The van der Waals surface area contributed by atoms with Crippen LogP contribution in [0.25, 0.3) is 0 Å². The van der Waals surface area contributed by atoms with Crippen LogP contribution in [0.1, 0.15) is 37.5 Å². The molecule has 1 aliphatic rings. The van der Waals surface area contributed by atoms with E-state index in [1.165, 1.54) is 19.1 Å². The summed E-state index contributed by atoms with van der Waals surface area (Å²) in [7, 11) is -3.79. The quantitative estimate of drug-likeness (QED) is 0.669. The summed E-state index contributed by atoms with van der Waals surface area (Å²) in [6.45, 7) is 8.00. The molecule has 0 aliphatic carbocycles. The Morgan fingerprint density at radius 2 is 1.97 bits per heavy atom. The van der Waals surface area contributed by atoms with Crippen LogP contribution in [0.5, 0.6) is 11.5 Å². The van der Waals surface area contributed by atoms with Gasteiger partial charge in [0.15, 0.2) is 0 Å². The molecule has 0 radical (unpaired) electrons. The summed E-state index contributed by atoms with van der Waals surface area (Å²) in [6, 6.07) is 9.36. The lowest BCUT2D eigenvalue weighted by Crippen LogP contribution is -2.44. The van der Waals surface area contributed by atoms with Gasteiger partial charge in [0.05, 0.1) is 17.5 Å². The van der Waals surface area contributed by atoms with E-state index < -0.39 is 22.0 Å². The van der Waals surface area contributed by atoms with E-state index in [0.29, 0.717) is 12.4 Å². The average molecular weight is 433 g/mol. The highest BCUT2D eigenvalue weighted by Gasteiger charge is 2.24. The molecule has 0 spiro atoms. The minimum absolute atomic E-state index is 0.107. The molecule has 0 aromatic heterocycles. The van der Waals surface area contributed by atoms with Crippen LogP contribution in [-0.4, -0.2) is 33.1 Å². The first-order valence-electron chi connectivity index (χ1n) is 10.0. The van der Waals surface area contributed by atoms with Crippen molar-refractivity contribution < 1.29 is 22.7 Å². The first kappa shape index (κ1) is 22.1. The molecule has 3 rings (SSSR count). The van der Waals surface area contributed by atoms with Crippen LogP contribution in [0.3, 0.4) is 0 Å². The van der Waals surface area contributed by atoms with Crippen molar-refractivity contribution >= 4 is 15.9 Å². The Bertz CT molecular complexity index is 1020. The van der Waals surface area contributed by atoms with Crippen molar-refractivity contribution in [3.8, 4) is 11.5 Å². The highest BCUT2D eigenvalue weighted by Crippen LogP contribution is 2.35. The number of ether oxygens (including phenoxy) is 2. The van der Waals surface area contributed by atoms with Crippen LogP contribution in [0.15, 0.2) is 41.3 Å². The van der Waals surface area contributed by atoms with Gasteiger partial charge in [0, 0.05) is 24.1 Å². The third-order valence-corrected chi connectivity index (χ3v) is 6.45.